The largest absolute Gasteiger partial charge is 0.297 e. The summed E-state index contributed by atoms with van der Waals surface area (Å²) < 4.78 is 28.2. The van der Waals surface area contributed by atoms with Crippen molar-refractivity contribution in [3.8, 4) is 0 Å². The fourth-order valence-electron chi connectivity index (χ4n) is 0.832. The molecular weight excluding hydrogens is 292 g/mol. The Morgan fingerprint density at radius 1 is 1.43 bits per heavy atom. The third-order valence-electron chi connectivity index (χ3n) is 1.40. The predicted octanol–water partition coefficient (Wildman–Crippen LogP) is 2.39. The number of alkyl halides is 1. The Bertz CT molecular complexity index is 405. The molecule has 6 heteroatoms. The smallest absolute Gasteiger partial charge is 0.265 e. The Kier molecular flexibility index (Phi) is 4.37. The second-order valence-electron chi connectivity index (χ2n) is 2.42. The second kappa shape index (κ2) is 5.11. The third kappa shape index (κ3) is 3.24. The lowest BCUT2D eigenvalue weighted by Gasteiger charge is -2.03. The second-order valence-corrected chi connectivity index (χ2v) is 5.33. The van der Waals surface area contributed by atoms with Crippen LogP contribution in [-0.4, -0.2) is 20.9 Å². The minimum Gasteiger partial charge on any atom is -0.265 e. The van der Waals surface area contributed by atoms with E-state index in [9.17, 15) is 8.42 Å². The van der Waals surface area contributed by atoms with Crippen LogP contribution >= 0.6 is 27.5 Å². The van der Waals surface area contributed by atoms with Crippen LogP contribution in [0.4, 0.5) is 0 Å². The summed E-state index contributed by atoms with van der Waals surface area (Å²) in [6.07, 6.45) is 0. The number of hydrogen-bond acceptors (Lipinski definition) is 3. The normalized spacial score (nSPS) is 11.6. The van der Waals surface area contributed by atoms with Crippen LogP contribution < -0.4 is 0 Å². The van der Waals surface area contributed by atoms with Gasteiger partial charge < -0.3 is 0 Å². The third-order valence-corrected chi connectivity index (χ3v) is 3.36. The zero-order valence-electron chi connectivity index (χ0n) is 7.11. The van der Waals surface area contributed by atoms with Gasteiger partial charge in [0.15, 0.2) is 0 Å². The molecule has 0 N–H and O–H groups in total. The first kappa shape index (κ1) is 12.0. The Morgan fingerprint density at radius 3 is 2.71 bits per heavy atom. The summed E-state index contributed by atoms with van der Waals surface area (Å²) in [6, 6.07) is 6.31. The lowest BCUT2D eigenvalue weighted by atomic mass is 10.4. The first-order valence-corrected chi connectivity index (χ1v) is 6.51. The maximum Gasteiger partial charge on any atom is 0.297 e. The number of halogens is 2. The van der Waals surface area contributed by atoms with Gasteiger partial charge in [-0.15, -0.1) is 11.6 Å². The van der Waals surface area contributed by atoms with Gasteiger partial charge in [-0.3, -0.25) is 4.18 Å². The first-order valence-electron chi connectivity index (χ1n) is 3.77. The van der Waals surface area contributed by atoms with Gasteiger partial charge in [-0.2, -0.15) is 8.42 Å². The van der Waals surface area contributed by atoms with E-state index < -0.39 is 10.1 Å². The number of hydrogen-bond donors (Lipinski definition) is 0. The molecule has 0 saturated heterocycles. The van der Waals surface area contributed by atoms with Gasteiger partial charge in [-0.1, -0.05) is 22.0 Å². The van der Waals surface area contributed by atoms with Gasteiger partial charge in [0.05, 0.1) is 11.5 Å². The summed E-state index contributed by atoms with van der Waals surface area (Å²) in [5, 5.41) is 0. The molecular formula is C8H8BrClO3S. The average molecular weight is 300 g/mol. The van der Waals surface area contributed by atoms with Gasteiger partial charge in [0.2, 0.25) is 0 Å². The van der Waals surface area contributed by atoms with Gasteiger partial charge in [0.25, 0.3) is 10.1 Å². The van der Waals surface area contributed by atoms with Crippen LogP contribution in [0.15, 0.2) is 33.6 Å². The van der Waals surface area contributed by atoms with Crippen LogP contribution in [0.5, 0.6) is 0 Å². The van der Waals surface area contributed by atoms with E-state index in [0.717, 1.165) is 0 Å². The molecule has 78 valence electrons. The maximum atomic E-state index is 11.4. The number of rotatable bonds is 4. The van der Waals surface area contributed by atoms with Crippen LogP contribution in [0.25, 0.3) is 0 Å². The van der Waals surface area contributed by atoms with Gasteiger partial charge in [-0.25, -0.2) is 0 Å². The van der Waals surface area contributed by atoms with E-state index in [2.05, 4.69) is 20.1 Å². The van der Waals surface area contributed by atoms with Gasteiger partial charge in [0.1, 0.15) is 0 Å². The van der Waals surface area contributed by atoms with Crippen LogP contribution in [-0.2, 0) is 14.3 Å². The molecule has 0 bridgehead atoms. The fourth-order valence-corrected chi connectivity index (χ4v) is 2.51. The molecule has 0 amide bonds. The van der Waals surface area contributed by atoms with Crippen molar-refractivity contribution in [2.45, 2.75) is 4.90 Å². The molecule has 0 unspecified atom stereocenters. The molecule has 1 aromatic rings. The minimum atomic E-state index is -3.66. The SMILES string of the molecule is O=S(=O)(OCCCl)c1cccc(Br)c1. The molecule has 1 aromatic carbocycles. The highest BCUT2D eigenvalue weighted by Crippen LogP contribution is 2.17. The summed E-state index contributed by atoms with van der Waals surface area (Å²) in [6.45, 7) is -0.0175. The molecule has 0 fully saturated rings. The lowest BCUT2D eigenvalue weighted by molar-refractivity contribution is 0.340. The molecule has 14 heavy (non-hydrogen) atoms. The van der Waals surface area contributed by atoms with E-state index in [1.165, 1.54) is 12.1 Å². The molecule has 0 saturated carbocycles. The highest BCUT2D eigenvalue weighted by Gasteiger charge is 2.14. The Hall–Kier alpha value is -0.100. The topological polar surface area (TPSA) is 43.4 Å². The Balaban J connectivity index is 2.93. The minimum absolute atomic E-state index is 0.0175. The fraction of sp³-hybridized carbons (Fsp3) is 0.250. The van der Waals surface area contributed by atoms with Crippen LogP contribution in [0.2, 0.25) is 0 Å². The number of benzene rings is 1. The van der Waals surface area contributed by atoms with Crippen LogP contribution in [0.3, 0.4) is 0 Å². The van der Waals surface area contributed by atoms with Crippen LogP contribution in [0.1, 0.15) is 0 Å². The molecule has 0 aromatic heterocycles. The zero-order chi connectivity index (χ0) is 10.6. The van der Waals surface area contributed by atoms with Crippen molar-refractivity contribution in [3.05, 3.63) is 28.7 Å². The molecule has 1 rings (SSSR count). The average Bonchev–Trinajstić information content (AvgIpc) is 2.15. The maximum absolute atomic E-state index is 11.4. The lowest BCUT2D eigenvalue weighted by Crippen LogP contribution is -2.08. The first-order chi connectivity index (χ1) is 6.56. The van der Waals surface area contributed by atoms with Crippen molar-refractivity contribution in [1.82, 2.24) is 0 Å². The summed E-state index contributed by atoms with van der Waals surface area (Å²) in [4.78, 5) is 0.122. The van der Waals surface area contributed by atoms with Gasteiger partial charge in [-0.05, 0) is 18.2 Å². The molecule has 0 aliphatic heterocycles. The highest BCUT2D eigenvalue weighted by molar-refractivity contribution is 9.10. The monoisotopic (exact) mass is 298 g/mol. The van der Waals surface area contributed by atoms with E-state index >= 15 is 0 Å². The molecule has 3 nitrogen and oxygen atoms in total. The van der Waals surface area contributed by atoms with Crippen molar-refractivity contribution in [2.24, 2.45) is 0 Å². The summed E-state index contributed by atoms with van der Waals surface area (Å²) in [5.41, 5.74) is 0. The summed E-state index contributed by atoms with van der Waals surface area (Å²) >= 11 is 8.50. The van der Waals surface area contributed by atoms with Gasteiger partial charge >= 0.3 is 0 Å². The van der Waals surface area contributed by atoms with E-state index in [0.29, 0.717) is 4.47 Å². The predicted molar refractivity (Wildman–Crippen MR) is 58.0 cm³/mol. The van der Waals surface area contributed by atoms with Crippen molar-refractivity contribution in [2.75, 3.05) is 12.5 Å². The molecule has 0 aliphatic rings. The molecule has 0 spiro atoms. The standard InChI is InChI=1S/C8H8BrClO3S/c9-7-2-1-3-8(6-7)14(11,12)13-5-4-10/h1-3,6H,4-5H2. The van der Waals surface area contributed by atoms with Crippen molar-refractivity contribution in [1.29, 1.82) is 0 Å². The van der Waals surface area contributed by atoms with Crippen LogP contribution in [0, 0.1) is 0 Å². The molecule has 0 radical (unpaired) electrons. The zero-order valence-corrected chi connectivity index (χ0v) is 10.3. The van der Waals surface area contributed by atoms with Crippen molar-refractivity contribution < 1.29 is 12.6 Å². The molecule has 0 aliphatic carbocycles. The molecule has 0 atom stereocenters. The Morgan fingerprint density at radius 2 is 2.14 bits per heavy atom. The van der Waals surface area contributed by atoms with Crippen molar-refractivity contribution in [3.63, 3.8) is 0 Å². The van der Waals surface area contributed by atoms with E-state index in [1.54, 1.807) is 12.1 Å². The summed E-state index contributed by atoms with van der Waals surface area (Å²) in [5.74, 6) is 0.146. The van der Waals surface area contributed by atoms with E-state index in [-0.39, 0.29) is 17.4 Å². The van der Waals surface area contributed by atoms with Crippen molar-refractivity contribution >= 4 is 37.6 Å². The van der Waals surface area contributed by atoms with Gasteiger partial charge in [0, 0.05) is 10.4 Å². The van der Waals surface area contributed by atoms with E-state index in [4.69, 9.17) is 11.6 Å². The Labute approximate surface area is 96.3 Å². The van der Waals surface area contributed by atoms with E-state index in [1.807, 2.05) is 0 Å². The summed E-state index contributed by atoms with van der Waals surface area (Å²) in [7, 11) is -3.66. The quantitative estimate of drug-likeness (QED) is 0.633. The highest BCUT2D eigenvalue weighted by atomic mass is 79.9. The molecule has 0 heterocycles.